The Morgan fingerprint density at radius 1 is 1.03 bits per heavy atom. The van der Waals surface area contributed by atoms with Crippen LogP contribution in [-0.4, -0.2) is 34.9 Å². The molecule has 1 aliphatic carbocycles. The summed E-state index contributed by atoms with van der Waals surface area (Å²) in [5, 5.41) is 7.61. The van der Waals surface area contributed by atoms with Gasteiger partial charge in [0.1, 0.15) is 0 Å². The van der Waals surface area contributed by atoms with Gasteiger partial charge in [0.25, 0.3) is 5.91 Å². The summed E-state index contributed by atoms with van der Waals surface area (Å²) < 4.78 is 12.8. The van der Waals surface area contributed by atoms with Gasteiger partial charge in [0.15, 0.2) is 17.2 Å². The van der Waals surface area contributed by atoms with E-state index in [4.69, 9.17) is 14.6 Å². The first-order valence-electron chi connectivity index (χ1n) is 9.83. The molecule has 154 valence electrons. The van der Waals surface area contributed by atoms with Crippen LogP contribution in [0.2, 0.25) is 0 Å². The lowest BCUT2D eigenvalue weighted by Crippen LogP contribution is -2.15. The first-order chi connectivity index (χ1) is 15.2. The summed E-state index contributed by atoms with van der Waals surface area (Å²) in [4.78, 5) is 17.2. The highest BCUT2D eigenvalue weighted by Crippen LogP contribution is 2.44. The lowest BCUT2D eigenvalue weighted by atomic mass is 10.1. The van der Waals surface area contributed by atoms with Crippen LogP contribution >= 0.6 is 0 Å². The van der Waals surface area contributed by atoms with E-state index in [1.54, 1.807) is 38.7 Å². The third-order valence-corrected chi connectivity index (χ3v) is 5.35. The number of ether oxygens (including phenoxy) is 2. The van der Waals surface area contributed by atoms with Gasteiger partial charge in [-0.05, 0) is 42.0 Å². The molecule has 0 saturated heterocycles. The van der Waals surface area contributed by atoms with Crippen molar-refractivity contribution < 1.29 is 14.3 Å². The van der Waals surface area contributed by atoms with Gasteiger partial charge in [0, 0.05) is 23.7 Å². The molecule has 4 aromatic rings. The van der Waals surface area contributed by atoms with Crippen molar-refractivity contribution in [2.75, 3.05) is 19.5 Å². The van der Waals surface area contributed by atoms with E-state index in [1.807, 2.05) is 47.1 Å². The molecule has 2 aromatic carbocycles. The van der Waals surface area contributed by atoms with Gasteiger partial charge in [-0.3, -0.25) is 9.78 Å². The SMILES string of the molecule is COc1cc2c(cc1OC)-c1c(c(C(=O)Nc3cccnc3)nn1-c1ccccc1)C2. The average molecular weight is 412 g/mol. The maximum Gasteiger partial charge on any atom is 0.276 e. The summed E-state index contributed by atoms with van der Waals surface area (Å²) >= 11 is 0. The molecule has 0 saturated carbocycles. The molecule has 1 aliphatic rings. The quantitative estimate of drug-likeness (QED) is 0.470. The summed E-state index contributed by atoms with van der Waals surface area (Å²) in [7, 11) is 3.23. The number of pyridine rings is 1. The molecule has 7 nitrogen and oxygen atoms in total. The predicted molar refractivity (Wildman–Crippen MR) is 117 cm³/mol. The molecule has 0 aliphatic heterocycles. The fourth-order valence-corrected chi connectivity index (χ4v) is 3.94. The van der Waals surface area contributed by atoms with E-state index < -0.39 is 0 Å². The summed E-state index contributed by atoms with van der Waals surface area (Å²) in [5.41, 5.74) is 5.68. The fraction of sp³-hybridized carbons (Fsp3) is 0.125. The van der Waals surface area contributed by atoms with Crippen LogP contribution in [0.4, 0.5) is 5.69 Å². The van der Waals surface area contributed by atoms with Gasteiger partial charge in [-0.15, -0.1) is 0 Å². The molecule has 0 fully saturated rings. The topological polar surface area (TPSA) is 78.3 Å². The highest BCUT2D eigenvalue weighted by atomic mass is 16.5. The maximum atomic E-state index is 13.2. The van der Waals surface area contributed by atoms with Gasteiger partial charge in [-0.2, -0.15) is 5.10 Å². The molecule has 0 unspecified atom stereocenters. The Kier molecular flexibility index (Phi) is 4.63. The number of hydrogen-bond donors (Lipinski definition) is 1. The number of amides is 1. The lowest BCUT2D eigenvalue weighted by molar-refractivity contribution is 0.102. The number of para-hydroxylation sites is 1. The van der Waals surface area contributed by atoms with E-state index in [9.17, 15) is 4.79 Å². The van der Waals surface area contributed by atoms with E-state index >= 15 is 0 Å². The molecule has 1 amide bonds. The highest BCUT2D eigenvalue weighted by molar-refractivity contribution is 6.05. The summed E-state index contributed by atoms with van der Waals surface area (Å²) in [6.45, 7) is 0. The minimum absolute atomic E-state index is 0.273. The third kappa shape index (κ3) is 3.20. The molecule has 31 heavy (non-hydrogen) atoms. The number of fused-ring (bicyclic) bond motifs is 3. The summed E-state index contributed by atoms with van der Waals surface area (Å²) in [6.07, 6.45) is 3.85. The number of aromatic nitrogens is 3. The smallest absolute Gasteiger partial charge is 0.276 e. The maximum absolute atomic E-state index is 13.2. The molecule has 2 heterocycles. The highest BCUT2D eigenvalue weighted by Gasteiger charge is 2.32. The van der Waals surface area contributed by atoms with Crippen LogP contribution < -0.4 is 14.8 Å². The number of nitrogens with zero attached hydrogens (tertiary/aromatic N) is 3. The third-order valence-electron chi connectivity index (χ3n) is 5.35. The predicted octanol–water partition coefficient (Wildman–Crippen LogP) is 4.11. The molecule has 5 rings (SSSR count). The van der Waals surface area contributed by atoms with Gasteiger partial charge in [-0.1, -0.05) is 18.2 Å². The molecule has 1 N–H and O–H groups in total. The second-order valence-electron chi connectivity index (χ2n) is 7.16. The van der Waals surface area contributed by atoms with Gasteiger partial charge in [0.05, 0.1) is 37.5 Å². The van der Waals surface area contributed by atoms with E-state index in [2.05, 4.69) is 10.3 Å². The summed E-state index contributed by atoms with van der Waals surface area (Å²) in [5.74, 6) is 1.02. The molecular formula is C24H20N4O3. The van der Waals surface area contributed by atoms with Crippen LogP contribution in [0.3, 0.4) is 0 Å². The van der Waals surface area contributed by atoms with Crippen molar-refractivity contribution in [3.63, 3.8) is 0 Å². The number of anilines is 1. The van der Waals surface area contributed by atoms with Crippen LogP contribution in [0.25, 0.3) is 16.9 Å². The number of nitrogens with one attached hydrogen (secondary N) is 1. The number of benzene rings is 2. The Labute approximate surface area is 179 Å². The van der Waals surface area contributed by atoms with Crippen molar-refractivity contribution in [1.29, 1.82) is 0 Å². The van der Waals surface area contributed by atoms with E-state index in [0.29, 0.717) is 29.3 Å². The van der Waals surface area contributed by atoms with E-state index in [1.165, 1.54) is 0 Å². The van der Waals surface area contributed by atoms with Gasteiger partial charge in [0.2, 0.25) is 0 Å². The van der Waals surface area contributed by atoms with Crippen LogP contribution in [0.1, 0.15) is 21.6 Å². The van der Waals surface area contributed by atoms with Gasteiger partial charge in [-0.25, -0.2) is 4.68 Å². The zero-order valence-corrected chi connectivity index (χ0v) is 17.1. The Morgan fingerprint density at radius 2 is 1.81 bits per heavy atom. The molecule has 0 radical (unpaired) electrons. The lowest BCUT2D eigenvalue weighted by Gasteiger charge is -2.12. The van der Waals surface area contributed by atoms with Crippen LogP contribution in [0.15, 0.2) is 67.0 Å². The average Bonchev–Trinajstić information content (AvgIpc) is 3.36. The molecule has 7 heteroatoms. The zero-order chi connectivity index (χ0) is 21.4. The normalized spacial score (nSPS) is 11.5. The Bertz CT molecular complexity index is 1270. The Hall–Kier alpha value is -4.13. The first kappa shape index (κ1) is 18.9. The van der Waals surface area contributed by atoms with Crippen molar-refractivity contribution in [1.82, 2.24) is 14.8 Å². The molecule has 2 aromatic heterocycles. The van der Waals surface area contributed by atoms with Crippen LogP contribution in [0.5, 0.6) is 11.5 Å². The number of carbonyl (C=O) groups excluding carboxylic acids is 1. The number of hydrogen-bond acceptors (Lipinski definition) is 5. The largest absolute Gasteiger partial charge is 0.493 e. The zero-order valence-electron chi connectivity index (χ0n) is 17.1. The van der Waals surface area contributed by atoms with Gasteiger partial charge < -0.3 is 14.8 Å². The van der Waals surface area contributed by atoms with Crippen LogP contribution in [0, 0.1) is 0 Å². The molecule has 0 atom stereocenters. The summed E-state index contributed by atoms with van der Waals surface area (Å²) in [6, 6.07) is 17.3. The molecule has 0 spiro atoms. The standard InChI is InChI=1S/C24H20N4O3/c1-30-20-12-15-11-19-22(24(29)26-16-7-6-10-25-14-16)27-28(17-8-4-3-5-9-17)23(19)18(15)13-21(20)31-2/h3-10,12-14H,11H2,1-2H3,(H,26,29). The number of methoxy groups -OCH3 is 2. The minimum Gasteiger partial charge on any atom is -0.493 e. The van der Waals surface area contributed by atoms with Crippen molar-refractivity contribution in [3.05, 3.63) is 83.8 Å². The van der Waals surface area contributed by atoms with E-state index in [-0.39, 0.29) is 5.91 Å². The van der Waals surface area contributed by atoms with Crippen molar-refractivity contribution in [2.45, 2.75) is 6.42 Å². The fourth-order valence-electron chi connectivity index (χ4n) is 3.94. The van der Waals surface area contributed by atoms with Crippen molar-refractivity contribution in [2.24, 2.45) is 0 Å². The van der Waals surface area contributed by atoms with Crippen LogP contribution in [-0.2, 0) is 6.42 Å². The monoisotopic (exact) mass is 412 g/mol. The number of rotatable bonds is 5. The molecular weight excluding hydrogens is 392 g/mol. The first-order valence-corrected chi connectivity index (χ1v) is 9.83. The van der Waals surface area contributed by atoms with Crippen molar-refractivity contribution in [3.8, 4) is 28.4 Å². The number of carbonyl (C=O) groups is 1. The second-order valence-corrected chi connectivity index (χ2v) is 7.16. The Morgan fingerprint density at radius 3 is 2.52 bits per heavy atom. The van der Waals surface area contributed by atoms with Crippen molar-refractivity contribution >= 4 is 11.6 Å². The Balaban J connectivity index is 1.66. The van der Waals surface area contributed by atoms with Gasteiger partial charge >= 0.3 is 0 Å². The van der Waals surface area contributed by atoms with E-state index in [0.717, 1.165) is 28.1 Å². The minimum atomic E-state index is -0.273. The second kappa shape index (κ2) is 7.60. The molecule has 0 bridgehead atoms.